The number of nitrogens with two attached hydrogens (primary N) is 1. The fourth-order valence-electron chi connectivity index (χ4n) is 2.55. The Bertz CT molecular complexity index is 294. The minimum atomic E-state index is -3.94. The molecule has 2 atom stereocenters. The summed E-state index contributed by atoms with van der Waals surface area (Å²) in [6.07, 6.45) is 3.33. The Labute approximate surface area is 112 Å². The first-order valence-electron chi connectivity index (χ1n) is 6.88. The topological polar surface area (TPSA) is 72.5 Å². The van der Waals surface area contributed by atoms with Crippen LogP contribution < -0.4 is 5.73 Å². The summed E-state index contributed by atoms with van der Waals surface area (Å²) in [5.41, 5.74) is 5.63. The predicted molar refractivity (Wildman–Crippen MR) is 66.8 cm³/mol. The predicted octanol–water partition coefficient (Wildman–Crippen LogP) is 1.84. The summed E-state index contributed by atoms with van der Waals surface area (Å²) in [6.45, 7) is 1.28. The number of alkyl halides is 2. The maximum Gasteiger partial charge on any atom is 0.379 e. The molecule has 3 N–H and O–H groups in total. The number of carbonyl (C=O) groups is 1. The fraction of sp³-hybridized carbons (Fsp3) is 0.923. The normalized spacial score (nSPS) is 20.9. The lowest BCUT2D eigenvalue weighted by molar-refractivity contribution is -0.190. The zero-order valence-corrected chi connectivity index (χ0v) is 11.3. The van der Waals surface area contributed by atoms with E-state index in [1.165, 1.54) is 6.92 Å². The van der Waals surface area contributed by atoms with Crippen molar-refractivity contribution < 1.29 is 23.4 Å². The molecule has 1 fully saturated rings. The van der Waals surface area contributed by atoms with Crippen molar-refractivity contribution in [1.82, 2.24) is 0 Å². The van der Waals surface area contributed by atoms with Crippen LogP contribution in [0.2, 0.25) is 0 Å². The van der Waals surface area contributed by atoms with Crippen molar-refractivity contribution in [2.75, 3.05) is 6.61 Å². The third kappa shape index (κ3) is 4.38. The van der Waals surface area contributed by atoms with Crippen molar-refractivity contribution in [2.24, 2.45) is 11.7 Å². The van der Waals surface area contributed by atoms with Gasteiger partial charge >= 0.3 is 11.9 Å². The summed E-state index contributed by atoms with van der Waals surface area (Å²) in [4.78, 5) is 11.1. The quantitative estimate of drug-likeness (QED) is 0.728. The number of hydrogen-bond acceptors (Lipinski definition) is 4. The highest BCUT2D eigenvalue weighted by Crippen LogP contribution is 2.30. The molecule has 0 bridgehead atoms. The minimum absolute atomic E-state index is 0.154. The van der Waals surface area contributed by atoms with E-state index in [0.717, 1.165) is 32.1 Å². The van der Waals surface area contributed by atoms with Crippen molar-refractivity contribution in [2.45, 2.75) is 63.5 Å². The Hall–Kier alpha value is -0.750. The number of carbonyl (C=O) groups excluding carboxylic acids is 1. The van der Waals surface area contributed by atoms with Gasteiger partial charge in [0.15, 0.2) is 0 Å². The summed E-state index contributed by atoms with van der Waals surface area (Å²) in [5, 5.41) is 9.60. The second-order valence-electron chi connectivity index (χ2n) is 5.19. The van der Waals surface area contributed by atoms with Gasteiger partial charge < -0.3 is 15.6 Å². The van der Waals surface area contributed by atoms with Crippen molar-refractivity contribution in [3.05, 3.63) is 0 Å². The summed E-state index contributed by atoms with van der Waals surface area (Å²) in [5.74, 6) is -5.39. The van der Waals surface area contributed by atoms with Gasteiger partial charge in [-0.3, -0.25) is 0 Å². The van der Waals surface area contributed by atoms with E-state index in [1.54, 1.807) is 0 Å². The molecule has 19 heavy (non-hydrogen) atoms. The van der Waals surface area contributed by atoms with E-state index in [9.17, 15) is 18.7 Å². The van der Waals surface area contributed by atoms with Gasteiger partial charge in [-0.2, -0.15) is 8.78 Å². The van der Waals surface area contributed by atoms with Gasteiger partial charge in [0.25, 0.3) is 0 Å². The maximum absolute atomic E-state index is 13.6. The molecule has 1 rings (SSSR count). The average Bonchev–Trinajstić information content (AvgIpc) is 2.39. The van der Waals surface area contributed by atoms with E-state index in [0.29, 0.717) is 6.42 Å². The maximum atomic E-state index is 13.6. The number of esters is 1. The monoisotopic (exact) mass is 279 g/mol. The summed E-state index contributed by atoms with van der Waals surface area (Å²) in [6, 6.07) is -1.11. The molecular formula is C13H23F2NO3. The van der Waals surface area contributed by atoms with Crippen LogP contribution in [0.15, 0.2) is 0 Å². The average molecular weight is 279 g/mol. The van der Waals surface area contributed by atoms with Gasteiger partial charge in [-0.05, 0) is 19.3 Å². The van der Waals surface area contributed by atoms with Gasteiger partial charge in [0, 0.05) is 6.04 Å². The largest absolute Gasteiger partial charge is 0.461 e. The van der Waals surface area contributed by atoms with Crippen molar-refractivity contribution in [1.29, 1.82) is 0 Å². The molecule has 6 heteroatoms. The molecule has 0 aromatic heterocycles. The van der Waals surface area contributed by atoms with Gasteiger partial charge in [-0.1, -0.05) is 32.1 Å². The first-order chi connectivity index (χ1) is 8.89. The fourth-order valence-corrected chi connectivity index (χ4v) is 2.55. The molecule has 0 aliphatic heterocycles. The van der Waals surface area contributed by atoms with E-state index in [-0.39, 0.29) is 12.5 Å². The van der Waals surface area contributed by atoms with Crippen molar-refractivity contribution >= 4 is 5.97 Å². The standard InChI is InChI=1S/C13H23F2NO3/c1-2-19-12(18)13(14,15)11(17)10(16)8-9-6-4-3-5-7-9/h9-11,17H,2-8,16H2,1H3/t10-,11+/m0/s1. The first-order valence-corrected chi connectivity index (χ1v) is 6.88. The molecule has 0 aromatic rings. The van der Waals surface area contributed by atoms with E-state index in [1.807, 2.05) is 0 Å². The number of ether oxygens (including phenoxy) is 1. The van der Waals surface area contributed by atoms with Crippen LogP contribution >= 0.6 is 0 Å². The number of halogens is 2. The molecule has 0 saturated heterocycles. The van der Waals surface area contributed by atoms with Crippen LogP contribution in [0, 0.1) is 5.92 Å². The van der Waals surface area contributed by atoms with Crippen LogP contribution in [-0.4, -0.2) is 35.8 Å². The highest BCUT2D eigenvalue weighted by molar-refractivity contribution is 5.78. The van der Waals surface area contributed by atoms with Gasteiger partial charge in [0.05, 0.1) is 6.61 Å². The Morgan fingerprint density at radius 3 is 2.53 bits per heavy atom. The molecule has 1 aliphatic rings. The molecule has 4 nitrogen and oxygen atoms in total. The molecule has 0 amide bonds. The first kappa shape index (κ1) is 16.3. The number of hydrogen-bond donors (Lipinski definition) is 2. The Balaban J connectivity index is 2.54. The third-order valence-electron chi connectivity index (χ3n) is 3.65. The van der Waals surface area contributed by atoms with Crippen LogP contribution in [0.25, 0.3) is 0 Å². The Kier molecular flexibility index (Phi) is 6.13. The van der Waals surface area contributed by atoms with Crippen LogP contribution in [-0.2, 0) is 9.53 Å². The van der Waals surface area contributed by atoms with E-state index < -0.39 is 24.0 Å². The Morgan fingerprint density at radius 2 is 2.00 bits per heavy atom. The van der Waals surface area contributed by atoms with Crippen LogP contribution in [0.3, 0.4) is 0 Å². The molecule has 0 aromatic carbocycles. The smallest absolute Gasteiger partial charge is 0.379 e. The van der Waals surface area contributed by atoms with Crippen molar-refractivity contribution in [3.8, 4) is 0 Å². The molecular weight excluding hydrogens is 256 g/mol. The minimum Gasteiger partial charge on any atom is -0.461 e. The van der Waals surface area contributed by atoms with Gasteiger partial charge in [0.2, 0.25) is 0 Å². The molecule has 0 radical (unpaired) electrons. The third-order valence-corrected chi connectivity index (χ3v) is 3.65. The van der Waals surface area contributed by atoms with E-state index in [4.69, 9.17) is 5.73 Å². The highest BCUT2D eigenvalue weighted by Gasteiger charge is 2.50. The molecule has 112 valence electrons. The molecule has 0 heterocycles. The van der Waals surface area contributed by atoms with Gasteiger partial charge in [-0.15, -0.1) is 0 Å². The second kappa shape index (κ2) is 7.14. The zero-order chi connectivity index (χ0) is 14.5. The zero-order valence-electron chi connectivity index (χ0n) is 11.3. The molecule has 0 spiro atoms. The van der Waals surface area contributed by atoms with Crippen LogP contribution in [0.4, 0.5) is 8.78 Å². The second-order valence-corrected chi connectivity index (χ2v) is 5.19. The van der Waals surface area contributed by atoms with Gasteiger partial charge in [-0.25, -0.2) is 4.79 Å². The van der Waals surface area contributed by atoms with E-state index in [2.05, 4.69) is 4.74 Å². The highest BCUT2D eigenvalue weighted by atomic mass is 19.3. The SMILES string of the molecule is CCOC(=O)C(F)(F)[C@H](O)[C@@H](N)CC1CCCCC1. The lowest BCUT2D eigenvalue weighted by atomic mass is 9.83. The summed E-state index contributed by atoms with van der Waals surface area (Å²) in [7, 11) is 0. The summed E-state index contributed by atoms with van der Waals surface area (Å²) >= 11 is 0. The lowest BCUT2D eigenvalue weighted by Crippen LogP contribution is -2.52. The lowest BCUT2D eigenvalue weighted by Gasteiger charge is -2.29. The van der Waals surface area contributed by atoms with Crippen molar-refractivity contribution in [3.63, 3.8) is 0 Å². The summed E-state index contributed by atoms with van der Waals surface area (Å²) < 4.78 is 31.5. The number of rotatable bonds is 6. The molecule has 1 aliphatic carbocycles. The number of aliphatic hydroxyl groups excluding tert-OH is 1. The van der Waals surface area contributed by atoms with E-state index >= 15 is 0 Å². The van der Waals surface area contributed by atoms with Gasteiger partial charge in [0.1, 0.15) is 6.10 Å². The van der Waals surface area contributed by atoms with Crippen LogP contribution in [0.1, 0.15) is 45.4 Å². The Morgan fingerprint density at radius 1 is 1.42 bits per heavy atom. The van der Waals surface area contributed by atoms with Crippen LogP contribution in [0.5, 0.6) is 0 Å². The molecule has 0 unspecified atom stereocenters. The molecule has 1 saturated carbocycles. The number of aliphatic hydroxyl groups is 1.